The number of nitrogens with zero attached hydrogens (tertiary/aromatic N) is 2. The van der Waals surface area contributed by atoms with Gasteiger partial charge in [0.1, 0.15) is 5.03 Å². The number of anilines is 1. The first-order chi connectivity index (χ1) is 7.24. The Labute approximate surface area is 96.7 Å². The number of rotatable bonds is 2. The highest BCUT2D eigenvalue weighted by molar-refractivity contribution is 7.99. The summed E-state index contributed by atoms with van der Waals surface area (Å²) in [6.45, 7) is 0. The van der Waals surface area contributed by atoms with Crippen molar-refractivity contribution in [2.75, 3.05) is 5.73 Å². The van der Waals surface area contributed by atoms with Crippen LogP contribution in [0.4, 0.5) is 5.69 Å². The van der Waals surface area contributed by atoms with Gasteiger partial charge in [-0.2, -0.15) is 0 Å². The van der Waals surface area contributed by atoms with Crippen LogP contribution in [0.3, 0.4) is 0 Å². The number of hydrogen-bond donors (Lipinski definition) is 1. The van der Waals surface area contributed by atoms with E-state index in [1.165, 1.54) is 11.8 Å². The smallest absolute Gasteiger partial charge is 0.223 e. The van der Waals surface area contributed by atoms with Gasteiger partial charge in [0, 0.05) is 16.8 Å². The van der Waals surface area contributed by atoms with Crippen molar-refractivity contribution in [3.8, 4) is 0 Å². The summed E-state index contributed by atoms with van der Waals surface area (Å²) in [4.78, 5) is 8.96. The third-order valence-electron chi connectivity index (χ3n) is 1.70. The van der Waals surface area contributed by atoms with Gasteiger partial charge in [0.15, 0.2) is 0 Å². The lowest BCUT2D eigenvalue weighted by atomic mass is 10.3. The van der Waals surface area contributed by atoms with E-state index in [1.54, 1.807) is 6.20 Å². The first-order valence-electron chi connectivity index (χ1n) is 4.26. The van der Waals surface area contributed by atoms with E-state index in [2.05, 4.69) is 9.97 Å². The molecule has 0 saturated heterocycles. The summed E-state index contributed by atoms with van der Waals surface area (Å²) in [5.41, 5.74) is 6.34. The molecular formula is C10H8ClN3S. The minimum Gasteiger partial charge on any atom is -0.399 e. The number of nitrogen functional groups attached to an aromatic ring is 1. The van der Waals surface area contributed by atoms with Gasteiger partial charge in [0.05, 0.1) is 0 Å². The summed E-state index contributed by atoms with van der Waals surface area (Å²) >= 11 is 7.20. The van der Waals surface area contributed by atoms with E-state index in [4.69, 9.17) is 17.3 Å². The van der Waals surface area contributed by atoms with Gasteiger partial charge in [-0.3, -0.25) is 0 Å². The first-order valence-corrected chi connectivity index (χ1v) is 5.45. The minimum atomic E-state index is 0.260. The second-order valence-corrected chi connectivity index (χ2v) is 4.27. The van der Waals surface area contributed by atoms with E-state index in [0.717, 1.165) is 15.6 Å². The fraction of sp³-hybridized carbons (Fsp3) is 0. The van der Waals surface area contributed by atoms with E-state index in [1.807, 2.05) is 30.3 Å². The molecule has 15 heavy (non-hydrogen) atoms. The maximum atomic E-state index is 5.68. The predicted molar refractivity (Wildman–Crippen MR) is 62.0 cm³/mol. The average Bonchev–Trinajstić information content (AvgIpc) is 2.22. The van der Waals surface area contributed by atoms with Crippen LogP contribution < -0.4 is 5.73 Å². The maximum absolute atomic E-state index is 5.68. The largest absolute Gasteiger partial charge is 0.399 e. The molecule has 1 aromatic carbocycles. The molecule has 0 aliphatic heterocycles. The lowest BCUT2D eigenvalue weighted by molar-refractivity contribution is 1.05. The van der Waals surface area contributed by atoms with Gasteiger partial charge < -0.3 is 5.73 Å². The number of aromatic nitrogens is 2. The van der Waals surface area contributed by atoms with Crippen LogP contribution in [0.15, 0.2) is 46.5 Å². The Balaban J connectivity index is 2.18. The summed E-state index contributed by atoms with van der Waals surface area (Å²) < 4.78 is 0. The molecule has 0 unspecified atom stereocenters. The van der Waals surface area contributed by atoms with Gasteiger partial charge >= 0.3 is 0 Å². The van der Waals surface area contributed by atoms with E-state index in [9.17, 15) is 0 Å². The Morgan fingerprint density at radius 2 is 1.87 bits per heavy atom. The number of halogens is 1. The van der Waals surface area contributed by atoms with Crippen molar-refractivity contribution in [3.63, 3.8) is 0 Å². The van der Waals surface area contributed by atoms with Crippen molar-refractivity contribution >= 4 is 29.1 Å². The van der Waals surface area contributed by atoms with Gasteiger partial charge in [-0.05, 0) is 41.9 Å². The second kappa shape index (κ2) is 4.51. The highest BCUT2D eigenvalue weighted by Crippen LogP contribution is 2.26. The van der Waals surface area contributed by atoms with Crippen LogP contribution >= 0.6 is 23.4 Å². The molecule has 0 aliphatic carbocycles. The molecule has 0 fully saturated rings. The van der Waals surface area contributed by atoms with Crippen molar-refractivity contribution in [1.29, 1.82) is 0 Å². The molecular weight excluding hydrogens is 230 g/mol. The molecule has 0 spiro atoms. The molecule has 1 aromatic heterocycles. The zero-order valence-electron chi connectivity index (χ0n) is 7.72. The standard InChI is InChI=1S/C10H8ClN3S/c11-10-13-6-5-9(14-10)15-8-3-1-7(12)2-4-8/h1-6H,12H2. The average molecular weight is 238 g/mol. The van der Waals surface area contributed by atoms with Crippen LogP contribution in [0.25, 0.3) is 0 Å². The van der Waals surface area contributed by atoms with Crippen LogP contribution in [0.1, 0.15) is 0 Å². The molecule has 0 atom stereocenters. The molecule has 5 heteroatoms. The number of hydrogen-bond acceptors (Lipinski definition) is 4. The maximum Gasteiger partial charge on any atom is 0.223 e. The van der Waals surface area contributed by atoms with E-state index in [-0.39, 0.29) is 5.28 Å². The fourth-order valence-corrected chi connectivity index (χ4v) is 2.01. The molecule has 2 rings (SSSR count). The van der Waals surface area contributed by atoms with Gasteiger partial charge in [0.25, 0.3) is 0 Å². The molecule has 0 saturated carbocycles. The normalized spacial score (nSPS) is 10.2. The first kappa shape index (κ1) is 10.3. The third kappa shape index (κ3) is 2.84. The third-order valence-corrected chi connectivity index (χ3v) is 2.83. The zero-order chi connectivity index (χ0) is 10.7. The van der Waals surface area contributed by atoms with E-state index in [0.29, 0.717) is 0 Å². The van der Waals surface area contributed by atoms with Crippen LogP contribution in [-0.2, 0) is 0 Å². The summed E-state index contributed by atoms with van der Waals surface area (Å²) in [5, 5.41) is 1.08. The van der Waals surface area contributed by atoms with Crippen molar-refractivity contribution in [2.45, 2.75) is 9.92 Å². The van der Waals surface area contributed by atoms with Gasteiger partial charge in [-0.25, -0.2) is 9.97 Å². The predicted octanol–water partition coefficient (Wildman–Crippen LogP) is 2.86. The van der Waals surface area contributed by atoms with Crippen molar-refractivity contribution in [1.82, 2.24) is 9.97 Å². The Kier molecular flexibility index (Phi) is 3.08. The highest BCUT2D eigenvalue weighted by atomic mass is 35.5. The monoisotopic (exact) mass is 237 g/mol. The molecule has 3 nitrogen and oxygen atoms in total. The number of benzene rings is 1. The lowest BCUT2D eigenvalue weighted by Gasteiger charge is -2.00. The Bertz CT molecular complexity index is 458. The van der Waals surface area contributed by atoms with Gasteiger partial charge in [-0.1, -0.05) is 11.8 Å². The second-order valence-electron chi connectivity index (χ2n) is 2.84. The molecule has 0 bridgehead atoms. The Morgan fingerprint density at radius 1 is 1.13 bits per heavy atom. The Hall–Kier alpha value is -1.26. The highest BCUT2D eigenvalue weighted by Gasteiger charge is 1.99. The van der Waals surface area contributed by atoms with E-state index < -0.39 is 0 Å². The Morgan fingerprint density at radius 3 is 2.53 bits per heavy atom. The van der Waals surface area contributed by atoms with Crippen molar-refractivity contribution < 1.29 is 0 Å². The molecule has 76 valence electrons. The minimum absolute atomic E-state index is 0.260. The van der Waals surface area contributed by atoms with Crippen molar-refractivity contribution in [2.24, 2.45) is 0 Å². The van der Waals surface area contributed by atoms with Gasteiger partial charge in [-0.15, -0.1) is 0 Å². The zero-order valence-corrected chi connectivity index (χ0v) is 9.29. The molecule has 0 radical (unpaired) electrons. The quantitative estimate of drug-likeness (QED) is 0.496. The van der Waals surface area contributed by atoms with Crippen molar-refractivity contribution in [3.05, 3.63) is 41.8 Å². The fourth-order valence-electron chi connectivity index (χ4n) is 1.03. The molecule has 2 aromatic rings. The van der Waals surface area contributed by atoms with Gasteiger partial charge in [0.2, 0.25) is 5.28 Å². The SMILES string of the molecule is Nc1ccc(Sc2ccnc(Cl)n2)cc1. The molecule has 1 heterocycles. The van der Waals surface area contributed by atoms with Crippen LogP contribution in [0.2, 0.25) is 5.28 Å². The van der Waals surface area contributed by atoms with Crippen LogP contribution in [-0.4, -0.2) is 9.97 Å². The summed E-state index contributed by atoms with van der Waals surface area (Å²) in [7, 11) is 0. The summed E-state index contributed by atoms with van der Waals surface area (Å²) in [6, 6.07) is 9.40. The molecule has 2 N–H and O–H groups in total. The lowest BCUT2D eigenvalue weighted by Crippen LogP contribution is -1.85. The topological polar surface area (TPSA) is 51.8 Å². The van der Waals surface area contributed by atoms with Crippen LogP contribution in [0.5, 0.6) is 0 Å². The summed E-state index contributed by atoms with van der Waals surface area (Å²) in [6.07, 6.45) is 1.63. The number of nitrogens with two attached hydrogens (primary N) is 1. The summed E-state index contributed by atoms with van der Waals surface area (Å²) in [5.74, 6) is 0. The molecule has 0 amide bonds. The van der Waals surface area contributed by atoms with E-state index >= 15 is 0 Å². The molecule has 0 aliphatic rings. The van der Waals surface area contributed by atoms with Crippen LogP contribution in [0, 0.1) is 0 Å².